The molecule has 1 atom stereocenters. The number of aromatic nitrogens is 1. The molecule has 94 valence electrons. The van der Waals surface area contributed by atoms with Gasteiger partial charge in [0.05, 0.1) is 0 Å². The molecule has 0 bridgehead atoms. The standard InChI is InChI=1S/C12H18BrN3O/c1-2-16-7-9(13)5-11(16)12(17)15-10(6-14)8-3-4-8/h5,7-8,10H,2-4,6,14H2,1H3,(H,15,17). The number of hydrogen-bond donors (Lipinski definition) is 2. The molecule has 1 amide bonds. The highest BCUT2D eigenvalue weighted by atomic mass is 79.9. The minimum absolute atomic E-state index is 0.0279. The predicted octanol–water partition coefficient (Wildman–Crippen LogP) is 1.74. The van der Waals surface area contributed by atoms with Gasteiger partial charge in [-0.1, -0.05) is 0 Å². The highest BCUT2D eigenvalue weighted by molar-refractivity contribution is 9.10. The number of halogens is 1. The molecule has 0 aromatic carbocycles. The van der Waals surface area contributed by atoms with Crippen LogP contribution in [0.3, 0.4) is 0 Å². The molecule has 1 unspecified atom stereocenters. The molecule has 1 aliphatic rings. The van der Waals surface area contributed by atoms with Crippen molar-refractivity contribution in [2.24, 2.45) is 11.7 Å². The molecule has 0 aliphatic heterocycles. The van der Waals surface area contributed by atoms with Crippen molar-refractivity contribution in [3.05, 3.63) is 22.4 Å². The van der Waals surface area contributed by atoms with Crippen LogP contribution in [0.4, 0.5) is 0 Å². The van der Waals surface area contributed by atoms with E-state index in [1.165, 1.54) is 12.8 Å². The molecule has 1 aromatic heterocycles. The summed E-state index contributed by atoms with van der Waals surface area (Å²) < 4.78 is 2.86. The number of hydrogen-bond acceptors (Lipinski definition) is 2. The van der Waals surface area contributed by atoms with Gasteiger partial charge in [0.25, 0.3) is 5.91 Å². The Labute approximate surface area is 110 Å². The Bertz CT molecular complexity index is 412. The third-order valence-electron chi connectivity index (χ3n) is 3.20. The SMILES string of the molecule is CCn1cc(Br)cc1C(=O)NC(CN)C1CC1. The summed E-state index contributed by atoms with van der Waals surface area (Å²) in [6, 6.07) is 1.97. The van der Waals surface area contributed by atoms with Crippen molar-refractivity contribution in [3.8, 4) is 0 Å². The zero-order valence-electron chi connectivity index (χ0n) is 9.95. The molecule has 2 rings (SSSR count). The van der Waals surface area contributed by atoms with Gasteiger partial charge < -0.3 is 15.6 Å². The predicted molar refractivity (Wildman–Crippen MR) is 70.8 cm³/mol. The summed E-state index contributed by atoms with van der Waals surface area (Å²) in [6.07, 6.45) is 4.28. The van der Waals surface area contributed by atoms with Gasteiger partial charge in [-0.3, -0.25) is 4.79 Å². The molecule has 3 N–H and O–H groups in total. The molecule has 4 nitrogen and oxygen atoms in total. The van der Waals surface area contributed by atoms with Crippen LogP contribution in [0.1, 0.15) is 30.3 Å². The lowest BCUT2D eigenvalue weighted by atomic mass is 10.2. The first-order valence-electron chi connectivity index (χ1n) is 6.02. The molecular weight excluding hydrogens is 282 g/mol. The zero-order valence-corrected chi connectivity index (χ0v) is 11.5. The molecule has 0 spiro atoms. The second kappa shape index (κ2) is 5.23. The van der Waals surface area contributed by atoms with E-state index in [0.717, 1.165) is 11.0 Å². The number of nitrogens with two attached hydrogens (primary N) is 1. The van der Waals surface area contributed by atoms with E-state index in [0.29, 0.717) is 18.2 Å². The van der Waals surface area contributed by atoms with E-state index in [1.807, 2.05) is 23.8 Å². The molecule has 1 aliphatic carbocycles. The molecular formula is C12H18BrN3O. The van der Waals surface area contributed by atoms with Crippen molar-refractivity contribution in [1.82, 2.24) is 9.88 Å². The molecule has 0 radical (unpaired) electrons. The third-order valence-corrected chi connectivity index (χ3v) is 3.63. The van der Waals surface area contributed by atoms with Gasteiger partial charge >= 0.3 is 0 Å². The van der Waals surface area contributed by atoms with Crippen LogP contribution in [0.15, 0.2) is 16.7 Å². The smallest absolute Gasteiger partial charge is 0.268 e. The molecule has 5 heteroatoms. The minimum Gasteiger partial charge on any atom is -0.346 e. The van der Waals surface area contributed by atoms with Crippen molar-refractivity contribution >= 4 is 21.8 Å². The van der Waals surface area contributed by atoms with E-state index in [4.69, 9.17) is 5.73 Å². The maximum Gasteiger partial charge on any atom is 0.268 e. The lowest BCUT2D eigenvalue weighted by molar-refractivity contribution is 0.0924. The van der Waals surface area contributed by atoms with Crippen LogP contribution in [0.5, 0.6) is 0 Å². The average molecular weight is 300 g/mol. The van der Waals surface area contributed by atoms with Gasteiger partial charge in [-0.25, -0.2) is 0 Å². The van der Waals surface area contributed by atoms with E-state index in [9.17, 15) is 4.79 Å². The van der Waals surface area contributed by atoms with Crippen molar-refractivity contribution in [3.63, 3.8) is 0 Å². The second-order valence-electron chi connectivity index (χ2n) is 4.48. The van der Waals surface area contributed by atoms with Gasteiger partial charge in [0.1, 0.15) is 5.69 Å². The summed E-state index contributed by atoms with van der Waals surface area (Å²) in [7, 11) is 0. The van der Waals surface area contributed by atoms with Crippen LogP contribution in [0, 0.1) is 5.92 Å². The fraction of sp³-hybridized carbons (Fsp3) is 0.583. The zero-order chi connectivity index (χ0) is 12.4. The van der Waals surface area contributed by atoms with Gasteiger partial charge in [0, 0.05) is 29.8 Å². The van der Waals surface area contributed by atoms with Crippen LogP contribution in [0.25, 0.3) is 0 Å². The number of carbonyl (C=O) groups excluding carboxylic acids is 1. The Kier molecular flexibility index (Phi) is 3.89. The Hall–Kier alpha value is -0.810. The first-order chi connectivity index (χ1) is 8.15. The van der Waals surface area contributed by atoms with E-state index >= 15 is 0 Å². The van der Waals surface area contributed by atoms with Crippen LogP contribution < -0.4 is 11.1 Å². The van der Waals surface area contributed by atoms with E-state index in [-0.39, 0.29) is 11.9 Å². The highest BCUT2D eigenvalue weighted by Gasteiger charge is 2.31. The topological polar surface area (TPSA) is 60.0 Å². The summed E-state index contributed by atoms with van der Waals surface area (Å²) >= 11 is 3.39. The summed E-state index contributed by atoms with van der Waals surface area (Å²) in [5, 5.41) is 3.03. The number of carbonyl (C=O) groups is 1. The highest BCUT2D eigenvalue weighted by Crippen LogP contribution is 2.32. The fourth-order valence-electron chi connectivity index (χ4n) is 2.04. The van der Waals surface area contributed by atoms with Gasteiger partial charge in [-0.15, -0.1) is 0 Å². The summed E-state index contributed by atoms with van der Waals surface area (Å²) in [6.45, 7) is 3.32. The summed E-state index contributed by atoms with van der Waals surface area (Å²) in [5.74, 6) is 0.553. The molecule has 1 fully saturated rings. The fourth-order valence-corrected chi connectivity index (χ4v) is 2.50. The van der Waals surface area contributed by atoms with Gasteiger partial charge in [-0.2, -0.15) is 0 Å². The maximum atomic E-state index is 12.1. The van der Waals surface area contributed by atoms with Crippen LogP contribution in [-0.2, 0) is 6.54 Å². The molecule has 1 aromatic rings. The van der Waals surface area contributed by atoms with Gasteiger partial charge in [-0.05, 0) is 47.7 Å². The minimum atomic E-state index is -0.0279. The molecule has 1 heterocycles. The van der Waals surface area contributed by atoms with Gasteiger partial charge in [0.15, 0.2) is 0 Å². The van der Waals surface area contributed by atoms with E-state index in [2.05, 4.69) is 21.2 Å². The molecule has 0 saturated heterocycles. The number of nitrogens with zero attached hydrogens (tertiary/aromatic N) is 1. The second-order valence-corrected chi connectivity index (χ2v) is 5.40. The van der Waals surface area contributed by atoms with Crippen molar-refractivity contribution in [1.29, 1.82) is 0 Å². The van der Waals surface area contributed by atoms with Crippen LogP contribution >= 0.6 is 15.9 Å². The largest absolute Gasteiger partial charge is 0.346 e. The monoisotopic (exact) mass is 299 g/mol. The van der Waals surface area contributed by atoms with Gasteiger partial charge in [0.2, 0.25) is 0 Å². The quantitative estimate of drug-likeness (QED) is 0.870. The summed E-state index contributed by atoms with van der Waals surface area (Å²) in [5.41, 5.74) is 6.38. The number of amides is 1. The maximum absolute atomic E-state index is 12.1. The third kappa shape index (κ3) is 2.90. The van der Waals surface area contributed by atoms with Crippen molar-refractivity contribution in [2.45, 2.75) is 32.4 Å². The first-order valence-corrected chi connectivity index (χ1v) is 6.81. The van der Waals surface area contributed by atoms with Crippen LogP contribution in [-0.4, -0.2) is 23.1 Å². The lowest BCUT2D eigenvalue weighted by Gasteiger charge is -2.16. The van der Waals surface area contributed by atoms with E-state index < -0.39 is 0 Å². The average Bonchev–Trinajstić information content (AvgIpc) is 3.08. The normalized spacial score (nSPS) is 16.9. The Morgan fingerprint density at radius 3 is 2.94 bits per heavy atom. The van der Waals surface area contributed by atoms with Crippen LogP contribution in [0.2, 0.25) is 0 Å². The van der Waals surface area contributed by atoms with E-state index in [1.54, 1.807) is 0 Å². The number of rotatable bonds is 5. The van der Waals surface area contributed by atoms with Crippen molar-refractivity contribution in [2.75, 3.05) is 6.54 Å². The molecule has 1 saturated carbocycles. The Morgan fingerprint density at radius 1 is 1.71 bits per heavy atom. The molecule has 17 heavy (non-hydrogen) atoms. The van der Waals surface area contributed by atoms with Crippen molar-refractivity contribution < 1.29 is 4.79 Å². The Balaban J connectivity index is 2.07. The lowest BCUT2D eigenvalue weighted by Crippen LogP contribution is -2.42. The Morgan fingerprint density at radius 2 is 2.41 bits per heavy atom. The summed E-state index contributed by atoms with van der Waals surface area (Å²) in [4.78, 5) is 12.1. The first kappa shape index (κ1) is 12.6. The number of aryl methyl sites for hydroxylation is 1. The number of nitrogens with one attached hydrogen (secondary N) is 1.